The summed E-state index contributed by atoms with van der Waals surface area (Å²) < 4.78 is 0. The van der Waals surface area contributed by atoms with Crippen LogP contribution in [0.15, 0.2) is 11.6 Å². The predicted molar refractivity (Wildman–Crippen MR) is 50.8 cm³/mol. The first kappa shape index (κ1) is 10.1. The molecule has 0 bridgehead atoms. The molecule has 0 saturated carbocycles. The molecule has 1 atom stereocenters. The van der Waals surface area contributed by atoms with Crippen LogP contribution in [0.2, 0.25) is 0 Å². The van der Waals surface area contributed by atoms with Gasteiger partial charge >= 0.3 is 5.97 Å². The number of nitrogens with one attached hydrogen (secondary N) is 1. The summed E-state index contributed by atoms with van der Waals surface area (Å²) in [4.78, 5) is 14.5. The molecule has 1 rings (SSSR count). The van der Waals surface area contributed by atoms with Crippen molar-refractivity contribution < 1.29 is 9.90 Å². The highest BCUT2D eigenvalue weighted by molar-refractivity contribution is 7.09. The maximum absolute atomic E-state index is 10.3. The van der Waals surface area contributed by atoms with E-state index in [4.69, 9.17) is 5.11 Å². The van der Waals surface area contributed by atoms with E-state index in [1.165, 1.54) is 0 Å². The van der Waals surface area contributed by atoms with Gasteiger partial charge in [-0.1, -0.05) is 0 Å². The van der Waals surface area contributed by atoms with Gasteiger partial charge in [-0.05, 0) is 13.5 Å². The number of hydrogen-bond acceptors (Lipinski definition) is 4. The van der Waals surface area contributed by atoms with Crippen molar-refractivity contribution in [1.82, 2.24) is 10.3 Å². The molecule has 0 spiro atoms. The third-order valence-corrected chi connectivity index (χ3v) is 2.63. The van der Waals surface area contributed by atoms with Crippen LogP contribution in [0.4, 0.5) is 0 Å². The molecule has 0 aromatic carbocycles. The van der Waals surface area contributed by atoms with Crippen LogP contribution in [0.3, 0.4) is 0 Å². The number of aromatic nitrogens is 1. The van der Waals surface area contributed by atoms with Gasteiger partial charge in [0.05, 0.1) is 6.04 Å². The summed E-state index contributed by atoms with van der Waals surface area (Å²) in [6.07, 6.45) is 2.48. The number of aliphatic carboxylic acids is 1. The zero-order valence-electron chi connectivity index (χ0n) is 7.36. The predicted octanol–water partition coefficient (Wildman–Crippen LogP) is 1.27. The van der Waals surface area contributed by atoms with E-state index in [1.54, 1.807) is 17.5 Å². The van der Waals surface area contributed by atoms with Crippen LogP contribution in [0.5, 0.6) is 0 Å². The molecule has 0 amide bonds. The summed E-state index contributed by atoms with van der Waals surface area (Å²) in [5.41, 5.74) is 0. The van der Waals surface area contributed by atoms with E-state index in [0.29, 0.717) is 6.42 Å². The van der Waals surface area contributed by atoms with Crippen LogP contribution >= 0.6 is 11.3 Å². The summed E-state index contributed by atoms with van der Waals surface area (Å²) >= 11 is 1.54. The fourth-order valence-corrected chi connectivity index (χ4v) is 1.85. The van der Waals surface area contributed by atoms with Crippen molar-refractivity contribution >= 4 is 17.3 Å². The molecule has 4 nitrogen and oxygen atoms in total. The molecule has 2 N–H and O–H groups in total. The highest BCUT2D eigenvalue weighted by atomic mass is 32.1. The average Bonchev–Trinajstić information content (AvgIpc) is 2.58. The minimum absolute atomic E-state index is 0.0658. The Morgan fingerprint density at radius 3 is 3.08 bits per heavy atom. The molecule has 0 fully saturated rings. The molecule has 72 valence electrons. The van der Waals surface area contributed by atoms with Gasteiger partial charge in [0.2, 0.25) is 0 Å². The van der Waals surface area contributed by atoms with Gasteiger partial charge in [0.25, 0.3) is 0 Å². The van der Waals surface area contributed by atoms with Crippen LogP contribution in [0.25, 0.3) is 0 Å². The van der Waals surface area contributed by atoms with Gasteiger partial charge in [-0.15, -0.1) is 11.3 Å². The molecule has 1 aromatic rings. The van der Waals surface area contributed by atoms with Crippen LogP contribution < -0.4 is 5.32 Å². The Labute approximate surface area is 80.6 Å². The zero-order valence-corrected chi connectivity index (χ0v) is 8.17. The number of nitrogens with zero attached hydrogens (tertiary/aromatic N) is 1. The van der Waals surface area contributed by atoms with Gasteiger partial charge in [-0.25, -0.2) is 4.98 Å². The van der Waals surface area contributed by atoms with E-state index in [0.717, 1.165) is 5.01 Å². The second-order valence-electron chi connectivity index (χ2n) is 2.64. The van der Waals surface area contributed by atoms with Crippen molar-refractivity contribution in [2.75, 3.05) is 7.05 Å². The van der Waals surface area contributed by atoms with E-state index >= 15 is 0 Å². The third kappa shape index (κ3) is 3.12. The van der Waals surface area contributed by atoms with Gasteiger partial charge in [-0.3, -0.25) is 4.79 Å². The lowest BCUT2D eigenvalue weighted by atomic mass is 10.2. The van der Waals surface area contributed by atoms with E-state index in [2.05, 4.69) is 10.3 Å². The highest BCUT2D eigenvalue weighted by Crippen LogP contribution is 2.19. The van der Waals surface area contributed by atoms with E-state index in [-0.39, 0.29) is 12.5 Å². The molecular weight excluding hydrogens is 188 g/mol. The number of carboxylic acid groups (broad SMARTS) is 1. The van der Waals surface area contributed by atoms with E-state index < -0.39 is 5.97 Å². The number of rotatable bonds is 5. The molecule has 1 aromatic heterocycles. The molecule has 0 aliphatic heterocycles. The lowest BCUT2D eigenvalue weighted by Gasteiger charge is -2.10. The Bertz CT molecular complexity index is 261. The standard InChI is InChI=1S/C8H12N2O2S/c1-9-6(2-3-7(11)12)8-10-4-5-13-8/h4-6,9H,2-3H2,1H3,(H,11,12). The topological polar surface area (TPSA) is 62.2 Å². The molecular formula is C8H12N2O2S. The minimum Gasteiger partial charge on any atom is -0.481 e. The molecule has 1 unspecified atom stereocenters. The maximum atomic E-state index is 10.3. The smallest absolute Gasteiger partial charge is 0.303 e. The average molecular weight is 200 g/mol. The van der Waals surface area contributed by atoms with Crippen LogP contribution in [-0.2, 0) is 4.79 Å². The van der Waals surface area contributed by atoms with Crippen molar-refractivity contribution in [2.24, 2.45) is 0 Å². The zero-order chi connectivity index (χ0) is 9.68. The van der Waals surface area contributed by atoms with E-state index in [1.807, 2.05) is 12.4 Å². The number of carbonyl (C=O) groups is 1. The summed E-state index contributed by atoms with van der Waals surface area (Å²) in [5.74, 6) is -0.767. The normalized spacial score (nSPS) is 12.7. The Morgan fingerprint density at radius 2 is 2.62 bits per heavy atom. The van der Waals surface area contributed by atoms with Gasteiger partial charge in [0, 0.05) is 18.0 Å². The molecule has 0 aliphatic carbocycles. The summed E-state index contributed by atoms with van der Waals surface area (Å²) in [6, 6.07) is 0.0658. The Morgan fingerprint density at radius 1 is 1.85 bits per heavy atom. The number of carboxylic acids is 1. The highest BCUT2D eigenvalue weighted by Gasteiger charge is 2.12. The largest absolute Gasteiger partial charge is 0.481 e. The SMILES string of the molecule is CNC(CCC(=O)O)c1nccs1. The second-order valence-corrected chi connectivity index (χ2v) is 3.57. The number of hydrogen-bond donors (Lipinski definition) is 2. The van der Waals surface area contributed by atoms with Crippen LogP contribution in [0, 0.1) is 0 Å². The monoisotopic (exact) mass is 200 g/mol. The van der Waals surface area contributed by atoms with Gasteiger partial charge in [0.15, 0.2) is 0 Å². The second kappa shape index (κ2) is 4.94. The molecule has 0 radical (unpaired) electrons. The third-order valence-electron chi connectivity index (χ3n) is 1.74. The Hall–Kier alpha value is -0.940. The van der Waals surface area contributed by atoms with E-state index in [9.17, 15) is 4.79 Å². The molecule has 5 heteroatoms. The van der Waals surface area contributed by atoms with Crippen molar-refractivity contribution in [1.29, 1.82) is 0 Å². The first-order valence-electron chi connectivity index (χ1n) is 4.02. The van der Waals surface area contributed by atoms with Gasteiger partial charge in [-0.2, -0.15) is 0 Å². The maximum Gasteiger partial charge on any atom is 0.303 e. The van der Waals surface area contributed by atoms with Crippen LogP contribution in [0.1, 0.15) is 23.9 Å². The molecule has 0 saturated heterocycles. The first-order valence-corrected chi connectivity index (χ1v) is 4.90. The Kier molecular flexibility index (Phi) is 3.85. The molecule has 0 aliphatic rings. The van der Waals surface area contributed by atoms with Crippen molar-refractivity contribution in [2.45, 2.75) is 18.9 Å². The fourth-order valence-electron chi connectivity index (χ4n) is 1.07. The quantitative estimate of drug-likeness (QED) is 0.751. The lowest BCUT2D eigenvalue weighted by Crippen LogP contribution is -2.17. The van der Waals surface area contributed by atoms with Crippen LogP contribution in [-0.4, -0.2) is 23.1 Å². The minimum atomic E-state index is -0.767. The fraction of sp³-hybridized carbons (Fsp3) is 0.500. The number of thiazole rings is 1. The Balaban J connectivity index is 2.49. The van der Waals surface area contributed by atoms with Gasteiger partial charge in [0.1, 0.15) is 5.01 Å². The van der Waals surface area contributed by atoms with Crippen molar-refractivity contribution in [3.8, 4) is 0 Å². The summed E-state index contributed by atoms with van der Waals surface area (Å²) in [7, 11) is 1.81. The summed E-state index contributed by atoms with van der Waals surface area (Å²) in [5, 5.41) is 14.4. The first-order chi connectivity index (χ1) is 6.24. The molecule has 1 heterocycles. The lowest BCUT2D eigenvalue weighted by molar-refractivity contribution is -0.137. The van der Waals surface area contributed by atoms with Gasteiger partial charge < -0.3 is 10.4 Å². The summed E-state index contributed by atoms with van der Waals surface area (Å²) in [6.45, 7) is 0. The van der Waals surface area contributed by atoms with Crippen molar-refractivity contribution in [3.63, 3.8) is 0 Å². The molecule has 13 heavy (non-hydrogen) atoms. The van der Waals surface area contributed by atoms with Crippen molar-refractivity contribution in [3.05, 3.63) is 16.6 Å².